The first kappa shape index (κ1) is 17.5. The fourth-order valence-electron chi connectivity index (χ4n) is 2.56. The Bertz CT molecular complexity index is 866. The summed E-state index contributed by atoms with van der Waals surface area (Å²) in [4.78, 5) is 16.6. The average Bonchev–Trinajstić information content (AvgIpc) is 2.69. The predicted molar refractivity (Wildman–Crippen MR) is 103 cm³/mol. The van der Waals surface area contributed by atoms with Gasteiger partial charge >= 0.3 is 0 Å². The molecule has 0 fully saturated rings. The third-order valence-corrected chi connectivity index (χ3v) is 3.91. The number of pyridine rings is 1. The summed E-state index contributed by atoms with van der Waals surface area (Å²) in [5.41, 5.74) is 2.61. The quantitative estimate of drug-likeness (QED) is 0.682. The van der Waals surface area contributed by atoms with Gasteiger partial charge in [-0.1, -0.05) is 36.4 Å². The van der Waals surface area contributed by atoms with Crippen molar-refractivity contribution in [2.45, 2.75) is 6.42 Å². The van der Waals surface area contributed by atoms with Crippen LogP contribution in [0.2, 0.25) is 0 Å². The van der Waals surface area contributed by atoms with Gasteiger partial charge in [-0.15, -0.1) is 0 Å². The SMILES string of the molecule is COc1cccc(Nc2cc(C(=O)NCCc3ccccc3)ccn2)c1. The minimum atomic E-state index is -0.114. The van der Waals surface area contributed by atoms with E-state index in [9.17, 15) is 4.79 Å². The van der Waals surface area contributed by atoms with Crippen molar-refractivity contribution in [3.63, 3.8) is 0 Å². The van der Waals surface area contributed by atoms with E-state index >= 15 is 0 Å². The number of hydrogen-bond acceptors (Lipinski definition) is 4. The molecule has 1 heterocycles. The highest BCUT2D eigenvalue weighted by Gasteiger charge is 2.07. The second-order valence-corrected chi connectivity index (χ2v) is 5.78. The summed E-state index contributed by atoms with van der Waals surface area (Å²) < 4.78 is 5.21. The van der Waals surface area contributed by atoms with Gasteiger partial charge in [-0.3, -0.25) is 4.79 Å². The molecule has 0 aliphatic rings. The Hall–Kier alpha value is -3.34. The van der Waals surface area contributed by atoms with Gasteiger partial charge in [0.25, 0.3) is 5.91 Å². The Morgan fingerprint density at radius 3 is 2.69 bits per heavy atom. The maximum atomic E-state index is 12.4. The molecule has 1 aromatic heterocycles. The van der Waals surface area contributed by atoms with Crippen LogP contribution in [0.4, 0.5) is 11.5 Å². The molecule has 0 atom stereocenters. The number of amides is 1. The molecule has 0 saturated heterocycles. The molecule has 26 heavy (non-hydrogen) atoms. The second-order valence-electron chi connectivity index (χ2n) is 5.78. The smallest absolute Gasteiger partial charge is 0.251 e. The highest BCUT2D eigenvalue weighted by molar-refractivity contribution is 5.94. The van der Waals surface area contributed by atoms with Crippen LogP contribution in [0, 0.1) is 0 Å². The molecule has 1 amide bonds. The number of anilines is 2. The van der Waals surface area contributed by atoms with E-state index < -0.39 is 0 Å². The lowest BCUT2D eigenvalue weighted by Crippen LogP contribution is -2.25. The van der Waals surface area contributed by atoms with Crippen molar-refractivity contribution in [1.29, 1.82) is 0 Å². The lowest BCUT2D eigenvalue weighted by Gasteiger charge is -2.09. The standard InChI is InChI=1S/C21H21N3O2/c1-26-19-9-5-8-18(15-19)24-20-14-17(11-13-22-20)21(25)23-12-10-16-6-3-2-4-7-16/h2-9,11,13-15H,10,12H2,1H3,(H,22,24)(H,23,25). The molecule has 0 radical (unpaired) electrons. The predicted octanol–water partition coefficient (Wildman–Crippen LogP) is 3.81. The first-order valence-electron chi connectivity index (χ1n) is 8.44. The van der Waals surface area contributed by atoms with Gasteiger partial charge in [-0.2, -0.15) is 0 Å². The number of hydrogen-bond donors (Lipinski definition) is 2. The van der Waals surface area contributed by atoms with Gasteiger partial charge in [-0.05, 0) is 36.2 Å². The van der Waals surface area contributed by atoms with E-state index in [0.717, 1.165) is 17.9 Å². The van der Waals surface area contributed by atoms with Gasteiger partial charge in [0.15, 0.2) is 0 Å². The summed E-state index contributed by atoms with van der Waals surface area (Å²) in [6, 6.07) is 21.1. The van der Waals surface area contributed by atoms with Crippen LogP contribution in [-0.4, -0.2) is 24.5 Å². The van der Waals surface area contributed by atoms with E-state index in [-0.39, 0.29) is 5.91 Å². The Kier molecular flexibility index (Phi) is 5.83. The van der Waals surface area contributed by atoms with Crippen molar-refractivity contribution in [1.82, 2.24) is 10.3 Å². The zero-order chi connectivity index (χ0) is 18.2. The normalized spacial score (nSPS) is 10.2. The molecule has 0 saturated carbocycles. The van der Waals surface area contributed by atoms with Crippen molar-refractivity contribution in [2.24, 2.45) is 0 Å². The molecule has 0 unspecified atom stereocenters. The Morgan fingerprint density at radius 1 is 1.04 bits per heavy atom. The molecule has 0 aliphatic heterocycles. The topological polar surface area (TPSA) is 63.2 Å². The summed E-state index contributed by atoms with van der Waals surface area (Å²) in [6.45, 7) is 0.587. The van der Waals surface area contributed by atoms with Crippen molar-refractivity contribution in [3.8, 4) is 5.75 Å². The van der Waals surface area contributed by atoms with Crippen molar-refractivity contribution in [2.75, 3.05) is 19.0 Å². The number of aromatic nitrogens is 1. The number of methoxy groups -OCH3 is 1. The molecule has 132 valence electrons. The van der Waals surface area contributed by atoms with Crippen molar-refractivity contribution in [3.05, 3.63) is 84.1 Å². The van der Waals surface area contributed by atoms with E-state index in [2.05, 4.69) is 27.8 Å². The monoisotopic (exact) mass is 347 g/mol. The van der Waals surface area contributed by atoms with Crippen molar-refractivity contribution >= 4 is 17.4 Å². The van der Waals surface area contributed by atoms with Crippen LogP contribution in [0.1, 0.15) is 15.9 Å². The van der Waals surface area contributed by atoms with Crippen LogP contribution in [0.15, 0.2) is 72.9 Å². The summed E-state index contributed by atoms with van der Waals surface area (Å²) in [7, 11) is 1.62. The number of nitrogens with zero attached hydrogens (tertiary/aromatic N) is 1. The van der Waals surface area contributed by atoms with Gasteiger partial charge in [0.05, 0.1) is 7.11 Å². The van der Waals surface area contributed by atoms with Crippen LogP contribution in [0.5, 0.6) is 5.75 Å². The lowest BCUT2D eigenvalue weighted by atomic mass is 10.1. The summed E-state index contributed by atoms with van der Waals surface area (Å²) in [6.07, 6.45) is 2.42. The van der Waals surface area contributed by atoms with E-state index in [1.165, 1.54) is 5.56 Å². The van der Waals surface area contributed by atoms with Crippen LogP contribution in [0.3, 0.4) is 0 Å². The minimum Gasteiger partial charge on any atom is -0.497 e. The molecule has 5 heteroatoms. The third kappa shape index (κ3) is 4.83. The molecule has 0 aliphatic carbocycles. The maximum Gasteiger partial charge on any atom is 0.251 e. The summed E-state index contributed by atoms with van der Waals surface area (Å²) >= 11 is 0. The molecule has 0 bridgehead atoms. The summed E-state index contributed by atoms with van der Waals surface area (Å²) in [5.74, 6) is 1.25. The highest BCUT2D eigenvalue weighted by Crippen LogP contribution is 2.20. The van der Waals surface area contributed by atoms with Gasteiger partial charge in [0.1, 0.15) is 11.6 Å². The van der Waals surface area contributed by atoms with Crippen LogP contribution >= 0.6 is 0 Å². The zero-order valence-electron chi connectivity index (χ0n) is 14.6. The molecule has 3 aromatic rings. The molecule has 2 aromatic carbocycles. The number of rotatable bonds is 7. The van der Waals surface area contributed by atoms with Gasteiger partial charge in [0.2, 0.25) is 0 Å². The lowest BCUT2D eigenvalue weighted by molar-refractivity contribution is 0.0954. The Balaban J connectivity index is 1.60. The molecular formula is C21H21N3O2. The number of carbonyl (C=O) groups is 1. The van der Waals surface area contributed by atoms with Gasteiger partial charge in [-0.25, -0.2) is 4.98 Å². The Labute approximate surface area is 153 Å². The fraction of sp³-hybridized carbons (Fsp3) is 0.143. The maximum absolute atomic E-state index is 12.4. The van der Waals surface area contributed by atoms with E-state index in [1.807, 2.05) is 42.5 Å². The average molecular weight is 347 g/mol. The Morgan fingerprint density at radius 2 is 1.88 bits per heavy atom. The first-order valence-corrected chi connectivity index (χ1v) is 8.44. The first-order chi connectivity index (χ1) is 12.7. The fourth-order valence-corrected chi connectivity index (χ4v) is 2.56. The number of benzene rings is 2. The highest BCUT2D eigenvalue weighted by atomic mass is 16.5. The van der Waals surface area contributed by atoms with Crippen molar-refractivity contribution < 1.29 is 9.53 Å². The summed E-state index contributed by atoms with van der Waals surface area (Å²) in [5, 5.41) is 6.13. The molecule has 2 N–H and O–H groups in total. The largest absolute Gasteiger partial charge is 0.497 e. The van der Waals surface area contributed by atoms with E-state index in [4.69, 9.17) is 4.74 Å². The number of nitrogens with one attached hydrogen (secondary N) is 2. The third-order valence-electron chi connectivity index (χ3n) is 3.91. The van der Waals surface area contributed by atoms with Crippen LogP contribution in [-0.2, 0) is 6.42 Å². The van der Waals surface area contributed by atoms with Gasteiger partial charge < -0.3 is 15.4 Å². The minimum absolute atomic E-state index is 0.114. The van der Waals surface area contributed by atoms with E-state index in [0.29, 0.717) is 17.9 Å². The number of carbonyl (C=O) groups excluding carboxylic acids is 1. The van der Waals surface area contributed by atoms with Crippen LogP contribution in [0.25, 0.3) is 0 Å². The van der Waals surface area contributed by atoms with Gasteiger partial charge in [0, 0.05) is 30.1 Å². The zero-order valence-corrected chi connectivity index (χ0v) is 14.6. The van der Waals surface area contributed by atoms with Crippen LogP contribution < -0.4 is 15.4 Å². The molecular weight excluding hydrogens is 326 g/mol. The van der Waals surface area contributed by atoms with E-state index in [1.54, 1.807) is 25.4 Å². The molecule has 3 rings (SSSR count). The molecule has 5 nitrogen and oxygen atoms in total. The number of ether oxygens (including phenoxy) is 1. The molecule has 0 spiro atoms. The second kappa shape index (κ2) is 8.67.